The van der Waals surface area contributed by atoms with Crippen LogP contribution in [-0.2, 0) is 9.63 Å². The Kier molecular flexibility index (Phi) is 6.14. The van der Waals surface area contributed by atoms with Gasteiger partial charge in [0.05, 0.1) is 19.9 Å². The van der Waals surface area contributed by atoms with E-state index in [1.165, 1.54) is 14.2 Å². The molecule has 4 rings (SSSR count). The van der Waals surface area contributed by atoms with Crippen LogP contribution in [0.15, 0.2) is 73.1 Å². The number of hydroxylamine groups is 1. The third-order valence-electron chi connectivity index (χ3n) is 4.91. The molecule has 32 heavy (non-hydrogen) atoms. The first-order valence-corrected chi connectivity index (χ1v) is 9.80. The van der Waals surface area contributed by atoms with Gasteiger partial charge in [0.25, 0.3) is 5.91 Å². The Morgan fingerprint density at radius 1 is 1.00 bits per heavy atom. The molecule has 0 saturated carbocycles. The fourth-order valence-electron chi connectivity index (χ4n) is 3.22. The zero-order valence-corrected chi connectivity index (χ0v) is 17.5. The summed E-state index contributed by atoms with van der Waals surface area (Å²) < 4.78 is 10.5. The summed E-state index contributed by atoms with van der Waals surface area (Å²) in [6.45, 7) is 0. The van der Waals surface area contributed by atoms with Gasteiger partial charge >= 0.3 is 0 Å². The standard InChI is InChI=1S/C24H21N3O5/c1-30-20-10-7-16(12-21(20)31-2)23(28)15-5-8-18(9-6-15)26-24(29)22-13-19(27-32-22)17-4-3-11-25-14-17/h3-14,22,27H,1-2H3,(H,26,29). The fraction of sp³-hybridized carbons (Fsp3) is 0.125. The van der Waals surface area contributed by atoms with Crippen LogP contribution >= 0.6 is 0 Å². The van der Waals surface area contributed by atoms with Crippen LogP contribution < -0.4 is 20.3 Å². The number of hydrogen-bond acceptors (Lipinski definition) is 7. The van der Waals surface area contributed by atoms with E-state index in [1.807, 2.05) is 6.07 Å². The molecule has 1 aliphatic heterocycles. The molecule has 0 radical (unpaired) electrons. The van der Waals surface area contributed by atoms with E-state index >= 15 is 0 Å². The van der Waals surface area contributed by atoms with Crippen molar-refractivity contribution in [3.63, 3.8) is 0 Å². The summed E-state index contributed by atoms with van der Waals surface area (Å²) in [5.74, 6) is 0.518. The summed E-state index contributed by atoms with van der Waals surface area (Å²) in [6, 6.07) is 15.3. The molecule has 2 heterocycles. The van der Waals surface area contributed by atoms with Crippen LogP contribution in [0.3, 0.4) is 0 Å². The van der Waals surface area contributed by atoms with Gasteiger partial charge in [-0.15, -0.1) is 0 Å². The Labute approximate surface area is 184 Å². The summed E-state index contributed by atoms with van der Waals surface area (Å²) in [5.41, 5.74) is 5.74. The molecule has 162 valence electrons. The molecule has 0 fully saturated rings. The third-order valence-corrected chi connectivity index (χ3v) is 4.91. The summed E-state index contributed by atoms with van der Waals surface area (Å²) in [5, 5.41) is 2.78. The van der Waals surface area contributed by atoms with Crippen LogP contribution in [0.2, 0.25) is 0 Å². The summed E-state index contributed by atoms with van der Waals surface area (Å²) >= 11 is 0. The van der Waals surface area contributed by atoms with Crippen LogP contribution in [0.1, 0.15) is 21.5 Å². The molecule has 1 aromatic heterocycles. The Morgan fingerprint density at radius 2 is 1.75 bits per heavy atom. The van der Waals surface area contributed by atoms with E-state index in [4.69, 9.17) is 14.3 Å². The van der Waals surface area contributed by atoms with Gasteiger partial charge in [0.2, 0.25) is 0 Å². The number of hydrogen-bond donors (Lipinski definition) is 2. The number of methoxy groups -OCH3 is 2. The van der Waals surface area contributed by atoms with E-state index in [-0.39, 0.29) is 11.7 Å². The van der Waals surface area contributed by atoms with Gasteiger partial charge in [-0.25, -0.2) is 0 Å². The van der Waals surface area contributed by atoms with Crippen LogP contribution in [-0.4, -0.2) is 37.0 Å². The first-order chi connectivity index (χ1) is 15.6. The Balaban J connectivity index is 1.42. The minimum absolute atomic E-state index is 0.170. The maximum atomic E-state index is 12.8. The number of nitrogens with one attached hydrogen (secondary N) is 2. The highest BCUT2D eigenvalue weighted by molar-refractivity contribution is 6.09. The molecule has 0 saturated heterocycles. The number of pyridine rings is 1. The minimum Gasteiger partial charge on any atom is -0.493 e. The predicted octanol–water partition coefficient (Wildman–Crippen LogP) is 3.21. The van der Waals surface area contributed by atoms with Gasteiger partial charge in [0, 0.05) is 34.8 Å². The Hall–Kier alpha value is -4.17. The number of benzene rings is 2. The monoisotopic (exact) mass is 431 g/mol. The van der Waals surface area contributed by atoms with E-state index < -0.39 is 6.10 Å². The summed E-state index contributed by atoms with van der Waals surface area (Å²) in [4.78, 5) is 34.7. The van der Waals surface area contributed by atoms with E-state index in [1.54, 1.807) is 67.0 Å². The lowest BCUT2D eigenvalue weighted by molar-refractivity contribution is -0.125. The number of ether oxygens (including phenoxy) is 2. The van der Waals surface area contributed by atoms with Gasteiger partial charge in [-0.2, -0.15) is 0 Å². The number of nitrogens with zero attached hydrogens (tertiary/aromatic N) is 1. The molecular weight excluding hydrogens is 410 g/mol. The quantitative estimate of drug-likeness (QED) is 0.554. The van der Waals surface area contributed by atoms with E-state index in [9.17, 15) is 9.59 Å². The smallest absolute Gasteiger partial charge is 0.260 e. The highest BCUT2D eigenvalue weighted by Gasteiger charge is 2.25. The second-order valence-electron chi connectivity index (χ2n) is 6.93. The lowest BCUT2D eigenvalue weighted by Crippen LogP contribution is -2.28. The van der Waals surface area contributed by atoms with Gasteiger partial charge < -0.3 is 14.8 Å². The molecule has 3 aromatic rings. The van der Waals surface area contributed by atoms with Crippen molar-refractivity contribution in [2.24, 2.45) is 0 Å². The normalized spacial score (nSPS) is 14.8. The third kappa shape index (κ3) is 4.45. The second kappa shape index (κ2) is 9.32. The molecule has 1 amide bonds. The molecule has 0 bridgehead atoms. The number of carbonyl (C=O) groups excluding carboxylic acids is 2. The number of aromatic nitrogens is 1. The van der Waals surface area contributed by atoms with Gasteiger partial charge in [-0.05, 0) is 60.7 Å². The van der Waals surface area contributed by atoms with E-state index in [0.29, 0.717) is 34.0 Å². The maximum absolute atomic E-state index is 12.8. The molecule has 0 spiro atoms. The molecular formula is C24H21N3O5. The van der Waals surface area contributed by atoms with Gasteiger partial charge in [-0.3, -0.25) is 24.9 Å². The SMILES string of the molecule is COc1ccc(C(=O)c2ccc(NC(=O)C3C=C(c4cccnc4)NO3)cc2)cc1OC. The molecule has 0 aliphatic carbocycles. The largest absolute Gasteiger partial charge is 0.493 e. The van der Waals surface area contributed by atoms with Crippen molar-refractivity contribution < 1.29 is 23.9 Å². The van der Waals surface area contributed by atoms with Crippen molar-refractivity contribution >= 4 is 23.1 Å². The number of carbonyl (C=O) groups is 2. The maximum Gasteiger partial charge on any atom is 0.260 e. The molecule has 1 unspecified atom stereocenters. The number of rotatable bonds is 7. The van der Waals surface area contributed by atoms with Crippen LogP contribution in [0.5, 0.6) is 11.5 Å². The van der Waals surface area contributed by atoms with Crippen molar-refractivity contribution in [3.8, 4) is 11.5 Å². The van der Waals surface area contributed by atoms with Crippen LogP contribution in [0, 0.1) is 0 Å². The molecule has 2 aromatic carbocycles. The highest BCUT2D eigenvalue weighted by atomic mass is 16.7. The van der Waals surface area contributed by atoms with Crippen molar-refractivity contribution in [2.45, 2.75) is 6.10 Å². The molecule has 1 atom stereocenters. The lowest BCUT2D eigenvalue weighted by Gasteiger charge is -2.10. The molecule has 8 nitrogen and oxygen atoms in total. The molecule has 2 N–H and O–H groups in total. The number of anilines is 1. The van der Waals surface area contributed by atoms with Crippen molar-refractivity contribution in [3.05, 3.63) is 89.8 Å². The topological polar surface area (TPSA) is 98.8 Å². The minimum atomic E-state index is -0.793. The van der Waals surface area contributed by atoms with Crippen molar-refractivity contribution in [1.82, 2.24) is 10.5 Å². The van der Waals surface area contributed by atoms with Gasteiger partial charge in [0.15, 0.2) is 23.4 Å². The summed E-state index contributed by atoms with van der Waals surface area (Å²) in [7, 11) is 3.05. The highest BCUT2D eigenvalue weighted by Crippen LogP contribution is 2.28. The van der Waals surface area contributed by atoms with Crippen LogP contribution in [0.25, 0.3) is 5.70 Å². The van der Waals surface area contributed by atoms with Crippen molar-refractivity contribution in [2.75, 3.05) is 19.5 Å². The van der Waals surface area contributed by atoms with Gasteiger partial charge in [0.1, 0.15) is 0 Å². The van der Waals surface area contributed by atoms with Gasteiger partial charge in [-0.1, -0.05) is 0 Å². The zero-order chi connectivity index (χ0) is 22.5. The first-order valence-electron chi connectivity index (χ1n) is 9.80. The Bertz CT molecular complexity index is 1160. The molecule has 8 heteroatoms. The van der Waals surface area contributed by atoms with Crippen molar-refractivity contribution in [1.29, 1.82) is 0 Å². The predicted molar refractivity (Wildman–Crippen MR) is 118 cm³/mol. The number of amides is 1. The fourth-order valence-corrected chi connectivity index (χ4v) is 3.22. The lowest BCUT2D eigenvalue weighted by atomic mass is 10.0. The summed E-state index contributed by atoms with van der Waals surface area (Å²) in [6.07, 6.45) is 4.24. The van der Waals surface area contributed by atoms with Crippen LogP contribution in [0.4, 0.5) is 5.69 Å². The Morgan fingerprint density at radius 3 is 2.44 bits per heavy atom. The average Bonchev–Trinajstić information content (AvgIpc) is 3.35. The van der Waals surface area contributed by atoms with E-state index in [2.05, 4.69) is 15.8 Å². The second-order valence-corrected chi connectivity index (χ2v) is 6.93. The number of ketones is 1. The molecule has 1 aliphatic rings. The first kappa shape index (κ1) is 21.1. The average molecular weight is 431 g/mol. The zero-order valence-electron chi connectivity index (χ0n) is 17.5. The van der Waals surface area contributed by atoms with E-state index in [0.717, 1.165) is 5.56 Å².